The molecule has 3 aromatic rings. The summed E-state index contributed by atoms with van der Waals surface area (Å²) in [6.07, 6.45) is -0.687. The van der Waals surface area contributed by atoms with Crippen LogP contribution in [0.5, 0.6) is 11.5 Å². The molecule has 3 rings (SSSR count). The van der Waals surface area contributed by atoms with Gasteiger partial charge >= 0.3 is 5.97 Å². The fourth-order valence-corrected chi connectivity index (χ4v) is 3.62. The summed E-state index contributed by atoms with van der Waals surface area (Å²) >= 11 is 0. The molecule has 7 nitrogen and oxygen atoms in total. The van der Waals surface area contributed by atoms with Crippen molar-refractivity contribution in [1.29, 1.82) is 0 Å². The second-order valence-electron chi connectivity index (χ2n) is 7.09. The third-order valence-electron chi connectivity index (χ3n) is 4.50. The number of ether oxygens (including phenoxy) is 3. The Morgan fingerprint density at radius 3 is 1.69 bits per heavy atom. The minimum absolute atomic E-state index is 0.0929. The molecule has 0 radical (unpaired) electrons. The molecular formula is C24H25NO6S. The van der Waals surface area contributed by atoms with Crippen molar-refractivity contribution in [3.05, 3.63) is 90.5 Å². The minimum Gasteiger partial charge on any atom is -0.490 e. The number of hydrogen-bond donors (Lipinski definition) is 0. The van der Waals surface area contributed by atoms with Crippen LogP contribution in [0.4, 0.5) is 0 Å². The van der Waals surface area contributed by atoms with E-state index in [4.69, 9.17) is 14.2 Å². The van der Waals surface area contributed by atoms with Gasteiger partial charge in [-0.05, 0) is 48.5 Å². The van der Waals surface area contributed by atoms with Gasteiger partial charge in [-0.2, -0.15) is 0 Å². The molecule has 3 aromatic carbocycles. The van der Waals surface area contributed by atoms with Gasteiger partial charge in [-0.3, -0.25) is 0 Å². The van der Waals surface area contributed by atoms with Crippen LogP contribution in [0.25, 0.3) is 0 Å². The highest BCUT2D eigenvalue weighted by Gasteiger charge is 2.21. The lowest BCUT2D eigenvalue weighted by Crippen LogP contribution is -2.31. The van der Waals surface area contributed by atoms with Crippen molar-refractivity contribution in [2.45, 2.75) is 11.0 Å². The van der Waals surface area contributed by atoms with E-state index in [1.54, 1.807) is 24.3 Å². The summed E-state index contributed by atoms with van der Waals surface area (Å²) < 4.78 is 42.6. The van der Waals surface area contributed by atoms with Crippen LogP contribution in [0.3, 0.4) is 0 Å². The van der Waals surface area contributed by atoms with Crippen LogP contribution in [-0.4, -0.2) is 52.1 Å². The van der Waals surface area contributed by atoms with E-state index < -0.39 is 22.1 Å². The van der Waals surface area contributed by atoms with Crippen LogP contribution in [0, 0.1) is 0 Å². The molecular weight excluding hydrogens is 430 g/mol. The average Bonchev–Trinajstić information content (AvgIpc) is 2.82. The van der Waals surface area contributed by atoms with Gasteiger partial charge < -0.3 is 14.2 Å². The Kier molecular flexibility index (Phi) is 7.86. The third kappa shape index (κ3) is 6.32. The van der Waals surface area contributed by atoms with E-state index in [0.29, 0.717) is 11.5 Å². The Bertz CT molecular complexity index is 1060. The molecule has 0 bridgehead atoms. The summed E-state index contributed by atoms with van der Waals surface area (Å²) in [7, 11) is -0.688. The van der Waals surface area contributed by atoms with Crippen LogP contribution >= 0.6 is 0 Å². The Balaban J connectivity index is 1.68. The normalized spacial score (nSPS) is 11.4. The zero-order valence-corrected chi connectivity index (χ0v) is 18.7. The topological polar surface area (TPSA) is 82.1 Å². The second kappa shape index (κ2) is 10.8. The predicted molar refractivity (Wildman–Crippen MR) is 120 cm³/mol. The summed E-state index contributed by atoms with van der Waals surface area (Å²) in [5.41, 5.74) is 0.229. The lowest BCUT2D eigenvalue weighted by Gasteiger charge is -2.19. The highest BCUT2D eigenvalue weighted by molar-refractivity contribution is 7.89. The summed E-state index contributed by atoms with van der Waals surface area (Å²) in [6, 6.07) is 24.0. The number of rotatable bonds is 10. The third-order valence-corrected chi connectivity index (χ3v) is 6.33. The van der Waals surface area contributed by atoms with E-state index in [-0.39, 0.29) is 23.7 Å². The number of benzene rings is 3. The first-order chi connectivity index (χ1) is 15.4. The monoisotopic (exact) mass is 455 g/mol. The molecule has 0 aliphatic heterocycles. The molecule has 0 atom stereocenters. The van der Waals surface area contributed by atoms with Crippen LogP contribution in [-0.2, 0) is 14.8 Å². The van der Waals surface area contributed by atoms with E-state index >= 15 is 0 Å². The SMILES string of the molecule is CN(C)S(=O)(=O)c1ccc(C(=O)OC(COc2ccccc2)COc2ccccc2)cc1. The molecule has 0 fully saturated rings. The maximum absolute atomic E-state index is 12.7. The van der Waals surface area contributed by atoms with E-state index in [0.717, 1.165) is 4.31 Å². The van der Waals surface area contributed by atoms with Crippen LogP contribution in [0.15, 0.2) is 89.8 Å². The highest BCUT2D eigenvalue weighted by Crippen LogP contribution is 2.16. The molecule has 0 aliphatic rings. The molecule has 0 saturated carbocycles. The molecule has 168 valence electrons. The van der Waals surface area contributed by atoms with Gasteiger partial charge in [0.15, 0.2) is 6.10 Å². The Labute approximate surface area is 188 Å². The summed E-state index contributed by atoms with van der Waals surface area (Å²) in [5, 5.41) is 0. The molecule has 0 N–H and O–H groups in total. The first-order valence-corrected chi connectivity index (χ1v) is 11.4. The van der Waals surface area contributed by atoms with Crippen LogP contribution in [0.2, 0.25) is 0 Å². The predicted octanol–water partition coefficient (Wildman–Crippen LogP) is 3.62. The van der Waals surface area contributed by atoms with Crippen molar-refractivity contribution < 1.29 is 27.4 Å². The Hall–Kier alpha value is -3.36. The number of sulfonamides is 1. The molecule has 0 unspecified atom stereocenters. The van der Waals surface area contributed by atoms with Crippen molar-refractivity contribution in [3.8, 4) is 11.5 Å². The Morgan fingerprint density at radius 1 is 0.781 bits per heavy atom. The lowest BCUT2D eigenvalue weighted by molar-refractivity contribution is 0.00257. The maximum atomic E-state index is 12.7. The lowest BCUT2D eigenvalue weighted by atomic mass is 10.2. The first kappa shape index (κ1) is 23.3. The molecule has 0 amide bonds. The van der Waals surface area contributed by atoms with Gasteiger partial charge in [-0.1, -0.05) is 36.4 Å². The average molecular weight is 456 g/mol. The van der Waals surface area contributed by atoms with Gasteiger partial charge in [0.1, 0.15) is 24.7 Å². The summed E-state index contributed by atoms with van der Waals surface area (Å²) in [4.78, 5) is 12.8. The zero-order valence-electron chi connectivity index (χ0n) is 17.9. The first-order valence-electron chi connectivity index (χ1n) is 9.95. The van der Waals surface area contributed by atoms with E-state index in [9.17, 15) is 13.2 Å². The van der Waals surface area contributed by atoms with Crippen molar-refractivity contribution in [2.75, 3.05) is 27.3 Å². The zero-order chi connectivity index (χ0) is 23.0. The van der Waals surface area contributed by atoms with Gasteiger partial charge in [0.2, 0.25) is 10.0 Å². The number of hydrogen-bond acceptors (Lipinski definition) is 6. The maximum Gasteiger partial charge on any atom is 0.338 e. The molecule has 8 heteroatoms. The van der Waals surface area contributed by atoms with E-state index in [2.05, 4.69) is 0 Å². The van der Waals surface area contributed by atoms with Crippen molar-refractivity contribution >= 4 is 16.0 Å². The number of para-hydroxylation sites is 2. The standard InChI is InChI=1S/C24H25NO6S/c1-25(2)32(27,28)23-15-13-19(14-16-23)24(26)31-22(17-29-20-9-5-3-6-10-20)18-30-21-11-7-4-8-12-21/h3-16,22H,17-18H2,1-2H3. The minimum atomic E-state index is -3.58. The Morgan fingerprint density at radius 2 is 1.25 bits per heavy atom. The van der Waals surface area contributed by atoms with Crippen molar-refractivity contribution in [3.63, 3.8) is 0 Å². The highest BCUT2D eigenvalue weighted by atomic mass is 32.2. The molecule has 0 heterocycles. The van der Waals surface area contributed by atoms with Gasteiger partial charge in [-0.15, -0.1) is 0 Å². The molecule has 0 aromatic heterocycles. The number of carbonyl (C=O) groups excluding carboxylic acids is 1. The van der Waals surface area contributed by atoms with Crippen molar-refractivity contribution in [1.82, 2.24) is 4.31 Å². The summed E-state index contributed by atoms with van der Waals surface area (Å²) in [6.45, 7) is 0.186. The van der Waals surface area contributed by atoms with E-state index in [1.807, 2.05) is 36.4 Å². The van der Waals surface area contributed by atoms with Crippen LogP contribution in [0.1, 0.15) is 10.4 Å². The van der Waals surface area contributed by atoms with Gasteiger partial charge in [-0.25, -0.2) is 17.5 Å². The largest absolute Gasteiger partial charge is 0.490 e. The van der Waals surface area contributed by atoms with Crippen LogP contribution < -0.4 is 9.47 Å². The fourth-order valence-electron chi connectivity index (χ4n) is 2.72. The van der Waals surface area contributed by atoms with Crippen molar-refractivity contribution in [2.24, 2.45) is 0 Å². The van der Waals surface area contributed by atoms with Gasteiger partial charge in [0.25, 0.3) is 0 Å². The molecule has 0 saturated heterocycles. The molecule has 0 aliphatic carbocycles. The number of nitrogens with zero attached hydrogens (tertiary/aromatic N) is 1. The quantitative estimate of drug-likeness (QED) is 0.434. The van der Waals surface area contributed by atoms with Gasteiger partial charge in [0.05, 0.1) is 10.5 Å². The number of esters is 1. The number of carbonyl (C=O) groups is 1. The summed E-state index contributed by atoms with van der Waals surface area (Å²) in [5.74, 6) is 0.690. The molecule has 32 heavy (non-hydrogen) atoms. The fraction of sp³-hybridized carbons (Fsp3) is 0.208. The van der Waals surface area contributed by atoms with E-state index in [1.165, 1.54) is 38.4 Å². The molecule has 0 spiro atoms. The van der Waals surface area contributed by atoms with Gasteiger partial charge in [0, 0.05) is 14.1 Å². The second-order valence-corrected chi connectivity index (χ2v) is 9.24. The smallest absolute Gasteiger partial charge is 0.338 e.